The zero-order valence-corrected chi connectivity index (χ0v) is 16.9. The first-order chi connectivity index (χ1) is 12.8. The molecule has 0 unspecified atom stereocenters. The molecule has 3 amide bonds. The van der Waals surface area contributed by atoms with Gasteiger partial charge in [-0.05, 0) is 35.3 Å². The summed E-state index contributed by atoms with van der Waals surface area (Å²) >= 11 is 2.29. The van der Waals surface area contributed by atoms with Gasteiger partial charge < -0.3 is 21.7 Å². The molecule has 27 heavy (non-hydrogen) atoms. The van der Waals surface area contributed by atoms with E-state index in [2.05, 4.69) is 23.5 Å². The van der Waals surface area contributed by atoms with E-state index in [1.165, 1.54) is 16.2 Å². The minimum atomic E-state index is -0.793. The summed E-state index contributed by atoms with van der Waals surface area (Å²) in [6.45, 7) is 4.84. The summed E-state index contributed by atoms with van der Waals surface area (Å²) < 4.78 is 3.86. The van der Waals surface area contributed by atoms with Crippen LogP contribution in [0.15, 0.2) is 17.5 Å². The van der Waals surface area contributed by atoms with Crippen molar-refractivity contribution in [1.82, 2.24) is 14.6 Å². The van der Waals surface area contributed by atoms with Crippen LogP contribution in [0.1, 0.15) is 45.3 Å². The monoisotopic (exact) mass is 409 g/mol. The predicted molar refractivity (Wildman–Crippen MR) is 107 cm³/mol. The first kappa shape index (κ1) is 20.8. The van der Waals surface area contributed by atoms with Crippen LogP contribution in [0.4, 0.5) is 5.69 Å². The number of hydrogen-bond donors (Lipinski definition) is 3. The number of aromatic nitrogens is 1. The van der Waals surface area contributed by atoms with Gasteiger partial charge in [-0.1, -0.05) is 19.9 Å². The summed E-state index contributed by atoms with van der Waals surface area (Å²) in [5.74, 6) is -1.03. The van der Waals surface area contributed by atoms with Gasteiger partial charge in [-0.25, -0.2) is 0 Å². The van der Waals surface area contributed by atoms with Crippen LogP contribution in [0, 0.1) is 5.92 Å². The third-order valence-electron chi connectivity index (χ3n) is 3.75. The number of hydrogen-bond acceptors (Lipinski definition) is 7. The van der Waals surface area contributed by atoms with Crippen molar-refractivity contribution in [3.05, 3.63) is 33.0 Å². The maximum atomic E-state index is 12.9. The lowest BCUT2D eigenvalue weighted by Gasteiger charge is -2.21. The van der Waals surface area contributed by atoms with E-state index in [4.69, 9.17) is 11.5 Å². The second-order valence-corrected chi connectivity index (χ2v) is 8.22. The first-order valence-electron chi connectivity index (χ1n) is 8.42. The molecule has 0 aliphatic rings. The van der Waals surface area contributed by atoms with E-state index in [0.717, 1.165) is 22.8 Å². The van der Waals surface area contributed by atoms with Gasteiger partial charge in [0.1, 0.15) is 11.4 Å². The Labute approximate surface area is 165 Å². The van der Waals surface area contributed by atoms with Crippen LogP contribution >= 0.6 is 22.9 Å². The Kier molecular flexibility index (Phi) is 7.31. The lowest BCUT2D eigenvalue weighted by atomic mass is 10.1. The SMILES string of the molecule is CC(C)CCNC(=O)CN(Cc1cccs1)C(=O)c1snc(C(N)=O)c1N. The van der Waals surface area contributed by atoms with E-state index in [0.29, 0.717) is 12.5 Å². The number of nitrogens with one attached hydrogen (secondary N) is 1. The topological polar surface area (TPSA) is 131 Å². The average Bonchev–Trinajstić information content (AvgIpc) is 3.22. The lowest BCUT2D eigenvalue weighted by Crippen LogP contribution is -2.40. The van der Waals surface area contributed by atoms with Crippen molar-refractivity contribution in [2.45, 2.75) is 26.8 Å². The van der Waals surface area contributed by atoms with Crippen LogP contribution in [0.2, 0.25) is 0 Å². The van der Waals surface area contributed by atoms with E-state index >= 15 is 0 Å². The van der Waals surface area contributed by atoms with Crippen molar-refractivity contribution in [1.29, 1.82) is 0 Å². The molecule has 5 N–H and O–H groups in total. The van der Waals surface area contributed by atoms with Crippen molar-refractivity contribution >= 4 is 46.3 Å². The zero-order valence-electron chi connectivity index (χ0n) is 15.2. The Balaban J connectivity index is 2.15. The van der Waals surface area contributed by atoms with E-state index in [1.807, 2.05) is 17.5 Å². The molecule has 0 aliphatic carbocycles. The van der Waals surface area contributed by atoms with Crippen molar-refractivity contribution < 1.29 is 14.4 Å². The van der Waals surface area contributed by atoms with Gasteiger partial charge in [-0.15, -0.1) is 11.3 Å². The molecule has 0 saturated heterocycles. The maximum Gasteiger partial charge on any atom is 0.270 e. The molecule has 2 aromatic heterocycles. The van der Waals surface area contributed by atoms with Crippen LogP contribution in [-0.2, 0) is 11.3 Å². The Morgan fingerprint density at radius 2 is 2.07 bits per heavy atom. The number of thiophene rings is 1. The highest BCUT2D eigenvalue weighted by molar-refractivity contribution is 7.10. The molecule has 0 atom stereocenters. The number of carbonyl (C=O) groups is 3. The molecule has 2 aromatic rings. The molecule has 0 radical (unpaired) electrons. The molecular weight excluding hydrogens is 386 g/mol. The van der Waals surface area contributed by atoms with Gasteiger partial charge in [0.2, 0.25) is 5.91 Å². The zero-order chi connectivity index (χ0) is 20.0. The van der Waals surface area contributed by atoms with E-state index in [-0.39, 0.29) is 35.3 Å². The quantitative estimate of drug-likeness (QED) is 0.580. The highest BCUT2D eigenvalue weighted by atomic mass is 32.1. The fourth-order valence-corrected chi connectivity index (χ4v) is 3.78. The van der Waals surface area contributed by atoms with Crippen molar-refractivity contribution in [2.24, 2.45) is 11.7 Å². The summed E-state index contributed by atoms with van der Waals surface area (Å²) in [5, 5.41) is 4.72. The number of rotatable bonds is 9. The smallest absolute Gasteiger partial charge is 0.270 e. The summed E-state index contributed by atoms with van der Waals surface area (Å²) in [4.78, 5) is 39.0. The Morgan fingerprint density at radius 1 is 1.33 bits per heavy atom. The second kappa shape index (κ2) is 9.47. The fourth-order valence-electron chi connectivity index (χ4n) is 2.29. The minimum absolute atomic E-state index is 0.0473. The molecule has 0 aromatic carbocycles. The van der Waals surface area contributed by atoms with E-state index in [1.54, 1.807) is 0 Å². The summed E-state index contributed by atoms with van der Waals surface area (Å²) in [5.41, 5.74) is 10.9. The number of amides is 3. The van der Waals surface area contributed by atoms with Crippen LogP contribution in [0.5, 0.6) is 0 Å². The van der Waals surface area contributed by atoms with Crippen LogP contribution in [-0.4, -0.2) is 40.1 Å². The minimum Gasteiger partial charge on any atom is -0.395 e. The van der Waals surface area contributed by atoms with Gasteiger partial charge in [0.25, 0.3) is 11.8 Å². The molecule has 2 heterocycles. The average molecular weight is 410 g/mol. The third kappa shape index (κ3) is 5.76. The first-order valence-corrected chi connectivity index (χ1v) is 10.1. The van der Waals surface area contributed by atoms with Gasteiger partial charge in [-0.3, -0.25) is 14.4 Å². The molecular formula is C17H23N5O3S2. The van der Waals surface area contributed by atoms with Gasteiger partial charge in [0.05, 0.1) is 12.2 Å². The molecule has 2 rings (SSSR count). The van der Waals surface area contributed by atoms with Crippen molar-refractivity contribution in [3.63, 3.8) is 0 Å². The maximum absolute atomic E-state index is 12.9. The van der Waals surface area contributed by atoms with Crippen molar-refractivity contribution in [3.8, 4) is 0 Å². The molecule has 0 saturated carbocycles. The van der Waals surface area contributed by atoms with Gasteiger partial charge in [0, 0.05) is 11.4 Å². The number of nitrogens with two attached hydrogens (primary N) is 2. The van der Waals surface area contributed by atoms with Gasteiger partial charge in [0.15, 0.2) is 5.69 Å². The van der Waals surface area contributed by atoms with E-state index < -0.39 is 11.8 Å². The standard InChI is InChI=1S/C17H23N5O3S2/c1-10(2)5-6-20-12(23)9-22(8-11-4-3-7-26-11)17(25)15-13(18)14(16(19)24)21-27-15/h3-4,7,10H,5-6,8-9,18H2,1-2H3,(H2,19,24)(H,20,23). The van der Waals surface area contributed by atoms with Crippen molar-refractivity contribution in [2.75, 3.05) is 18.8 Å². The molecule has 146 valence electrons. The summed E-state index contributed by atoms with van der Waals surface area (Å²) in [7, 11) is 0. The molecule has 0 aliphatic heterocycles. The number of primary amides is 1. The van der Waals surface area contributed by atoms with Crippen LogP contribution in [0.3, 0.4) is 0 Å². The van der Waals surface area contributed by atoms with Crippen LogP contribution in [0.25, 0.3) is 0 Å². The molecule has 10 heteroatoms. The number of nitrogens with zero attached hydrogens (tertiary/aromatic N) is 2. The highest BCUT2D eigenvalue weighted by Crippen LogP contribution is 2.24. The summed E-state index contributed by atoms with van der Waals surface area (Å²) in [6.07, 6.45) is 0.856. The largest absolute Gasteiger partial charge is 0.395 e. The fraction of sp³-hybridized carbons (Fsp3) is 0.412. The second-order valence-electron chi connectivity index (χ2n) is 6.41. The predicted octanol–water partition coefficient (Wildman–Crippen LogP) is 1.69. The lowest BCUT2D eigenvalue weighted by molar-refractivity contribution is -0.121. The third-order valence-corrected chi connectivity index (χ3v) is 5.46. The Morgan fingerprint density at radius 3 is 2.63 bits per heavy atom. The molecule has 0 bridgehead atoms. The van der Waals surface area contributed by atoms with Gasteiger partial charge in [-0.2, -0.15) is 4.37 Å². The molecule has 0 fully saturated rings. The molecule has 0 spiro atoms. The normalized spacial score (nSPS) is 10.8. The van der Waals surface area contributed by atoms with Gasteiger partial charge >= 0.3 is 0 Å². The Hall–Kier alpha value is -2.46. The molecule has 8 nitrogen and oxygen atoms in total. The van der Waals surface area contributed by atoms with E-state index in [9.17, 15) is 14.4 Å². The Bertz CT molecular complexity index is 802. The van der Waals surface area contributed by atoms with Crippen LogP contribution < -0.4 is 16.8 Å². The highest BCUT2D eigenvalue weighted by Gasteiger charge is 2.26. The number of carbonyl (C=O) groups excluding carboxylic acids is 3. The number of nitrogen functional groups attached to an aromatic ring is 1. The summed E-state index contributed by atoms with van der Waals surface area (Å²) in [6, 6.07) is 3.75. The number of anilines is 1.